The van der Waals surface area contributed by atoms with E-state index < -0.39 is 7.29 Å². The molecular formula is C26H24NOP. The van der Waals surface area contributed by atoms with Crippen LogP contribution in [0.15, 0.2) is 115 Å². The van der Waals surface area contributed by atoms with Crippen molar-refractivity contribution in [2.75, 3.05) is 0 Å². The fourth-order valence-electron chi connectivity index (χ4n) is 4.68. The van der Waals surface area contributed by atoms with Crippen molar-refractivity contribution in [3.05, 3.63) is 126 Å². The minimum atomic E-state index is -2.91. The van der Waals surface area contributed by atoms with Crippen LogP contribution in [0.1, 0.15) is 23.6 Å². The van der Waals surface area contributed by atoms with E-state index in [4.69, 9.17) is 0 Å². The maximum atomic E-state index is 14.9. The molecule has 3 heteroatoms. The van der Waals surface area contributed by atoms with E-state index in [1.165, 1.54) is 11.1 Å². The monoisotopic (exact) mass is 397 g/mol. The highest BCUT2D eigenvalue weighted by Crippen LogP contribution is 2.71. The molecule has 0 aromatic heterocycles. The molecule has 0 radical (unpaired) electrons. The van der Waals surface area contributed by atoms with Crippen molar-refractivity contribution in [2.45, 2.75) is 19.0 Å². The molecule has 0 amide bonds. The zero-order valence-electron chi connectivity index (χ0n) is 16.3. The second-order valence-electron chi connectivity index (χ2n) is 7.67. The van der Waals surface area contributed by atoms with Crippen LogP contribution in [0, 0.1) is 5.92 Å². The van der Waals surface area contributed by atoms with Crippen LogP contribution in [0.5, 0.6) is 0 Å². The van der Waals surface area contributed by atoms with Crippen LogP contribution in [0.4, 0.5) is 0 Å². The minimum absolute atomic E-state index is 0.0604. The molecule has 29 heavy (non-hydrogen) atoms. The van der Waals surface area contributed by atoms with E-state index in [1.807, 2.05) is 42.5 Å². The number of hydrogen-bond donors (Lipinski definition) is 0. The summed E-state index contributed by atoms with van der Waals surface area (Å²) in [5, 5.41) is 2.02. The summed E-state index contributed by atoms with van der Waals surface area (Å²) < 4.78 is 17.2. The lowest BCUT2D eigenvalue weighted by Crippen LogP contribution is -2.25. The number of nitrogens with zero attached hydrogens (tertiary/aromatic N) is 1. The van der Waals surface area contributed by atoms with E-state index in [0.29, 0.717) is 6.54 Å². The Morgan fingerprint density at radius 2 is 1.45 bits per heavy atom. The van der Waals surface area contributed by atoms with Gasteiger partial charge in [0.25, 0.3) is 0 Å². The first kappa shape index (κ1) is 18.4. The second kappa shape index (κ2) is 7.63. The van der Waals surface area contributed by atoms with Gasteiger partial charge in [0.1, 0.15) is 0 Å². The summed E-state index contributed by atoms with van der Waals surface area (Å²) in [6.07, 6.45) is 7.54. The van der Waals surface area contributed by atoms with Gasteiger partial charge in [0.05, 0.1) is 6.04 Å². The molecule has 2 nitrogen and oxygen atoms in total. The first-order valence-electron chi connectivity index (χ1n) is 10.2. The fourth-order valence-corrected chi connectivity index (χ4v) is 8.12. The summed E-state index contributed by atoms with van der Waals surface area (Å²) >= 11 is 0. The summed E-state index contributed by atoms with van der Waals surface area (Å²) in [4.78, 5) is 0. The maximum Gasteiger partial charge on any atom is 0.204 e. The molecule has 0 bridgehead atoms. The Balaban J connectivity index is 1.71. The second-order valence-corrected chi connectivity index (χ2v) is 10.4. The van der Waals surface area contributed by atoms with E-state index in [9.17, 15) is 4.57 Å². The Morgan fingerprint density at radius 1 is 0.828 bits per heavy atom. The smallest absolute Gasteiger partial charge is 0.204 e. The number of benzene rings is 3. The summed E-state index contributed by atoms with van der Waals surface area (Å²) in [6, 6.07) is 31.1. The Hall–Kier alpha value is -2.67. The Labute approximate surface area is 172 Å². The number of fused-ring (bicyclic) bond motifs is 1. The SMILES string of the molecule is O=P1(c2ccccc2)C2=CCC=C[C@H]2[C@H](c2ccccc2)N1Cc1ccccc1. The van der Waals surface area contributed by atoms with Gasteiger partial charge in [-0.2, -0.15) is 0 Å². The van der Waals surface area contributed by atoms with E-state index in [1.54, 1.807) is 0 Å². The van der Waals surface area contributed by atoms with Gasteiger partial charge in [-0.05, 0) is 29.7 Å². The van der Waals surface area contributed by atoms with Crippen molar-refractivity contribution in [3.63, 3.8) is 0 Å². The van der Waals surface area contributed by atoms with E-state index >= 15 is 0 Å². The van der Waals surface area contributed by atoms with Gasteiger partial charge in [-0.1, -0.05) is 97.1 Å². The molecule has 1 aliphatic carbocycles. The van der Waals surface area contributed by atoms with Crippen molar-refractivity contribution in [3.8, 4) is 0 Å². The molecule has 0 N–H and O–H groups in total. The molecule has 5 rings (SSSR count). The van der Waals surface area contributed by atoms with Crippen LogP contribution in [-0.2, 0) is 11.1 Å². The number of hydrogen-bond acceptors (Lipinski definition) is 1. The number of rotatable bonds is 4. The minimum Gasteiger partial charge on any atom is -0.297 e. The van der Waals surface area contributed by atoms with Crippen molar-refractivity contribution >= 4 is 12.6 Å². The standard InChI is InChI=1S/C26H24NOP/c28-29(23-16-8-3-9-17-23)25-19-11-10-18-24(25)26(22-14-6-2-7-15-22)27(29)20-21-12-4-1-5-13-21/h1-10,12-19,24,26H,11,20H2/t24-,26+,29?/m1/s1. The van der Waals surface area contributed by atoms with Gasteiger partial charge in [0.2, 0.25) is 7.29 Å². The van der Waals surface area contributed by atoms with Gasteiger partial charge in [0.15, 0.2) is 0 Å². The molecule has 1 aliphatic heterocycles. The topological polar surface area (TPSA) is 20.3 Å². The van der Waals surface area contributed by atoms with Gasteiger partial charge in [0, 0.05) is 23.1 Å². The average molecular weight is 397 g/mol. The molecule has 1 fully saturated rings. The zero-order chi connectivity index (χ0) is 19.7. The van der Waals surface area contributed by atoms with Crippen LogP contribution in [0.25, 0.3) is 0 Å². The lowest BCUT2D eigenvalue weighted by molar-refractivity contribution is 0.315. The maximum absolute atomic E-state index is 14.9. The van der Waals surface area contributed by atoms with Gasteiger partial charge in [-0.25, -0.2) is 4.67 Å². The molecule has 0 spiro atoms. The number of allylic oxidation sites excluding steroid dienone is 2. The highest BCUT2D eigenvalue weighted by molar-refractivity contribution is 7.73. The lowest BCUT2D eigenvalue weighted by atomic mass is 9.89. The molecule has 144 valence electrons. The third-order valence-electron chi connectivity index (χ3n) is 5.96. The van der Waals surface area contributed by atoms with Crippen molar-refractivity contribution in [1.29, 1.82) is 0 Å². The van der Waals surface area contributed by atoms with Gasteiger partial charge in [-0.15, -0.1) is 0 Å². The predicted molar refractivity (Wildman–Crippen MR) is 120 cm³/mol. The van der Waals surface area contributed by atoms with Crippen LogP contribution in [0.2, 0.25) is 0 Å². The van der Waals surface area contributed by atoms with Crippen LogP contribution in [-0.4, -0.2) is 4.67 Å². The zero-order valence-corrected chi connectivity index (χ0v) is 17.2. The quantitative estimate of drug-likeness (QED) is 0.380. The Kier molecular flexibility index (Phi) is 4.83. The van der Waals surface area contributed by atoms with Crippen molar-refractivity contribution in [1.82, 2.24) is 4.67 Å². The molecule has 3 aromatic carbocycles. The average Bonchev–Trinajstić information content (AvgIpc) is 3.05. The molecule has 3 atom stereocenters. The predicted octanol–water partition coefficient (Wildman–Crippen LogP) is 6.31. The Bertz CT molecular complexity index is 1090. The normalized spacial score (nSPS) is 26.1. The summed E-state index contributed by atoms with van der Waals surface area (Å²) in [5.41, 5.74) is 2.41. The molecule has 2 aliphatic rings. The largest absolute Gasteiger partial charge is 0.297 e. The Morgan fingerprint density at radius 3 is 2.14 bits per heavy atom. The van der Waals surface area contributed by atoms with E-state index in [2.05, 4.69) is 71.4 Å². The third-order valence-corrected chi connectivity index (χ3v) is 9.25. The van der Waals surface area contributed by atoms with Crippen molar-refractivity contribution < 1.29 is 4.57 Å². The van der Waals surface area contributed by atoms with Gasteiger partial charge < -0.3 is 0 Å². The molecule has 1 unspecified atom stereocenters. The van der Waals surface area contributed by atoms with Crippen LogP contribution in [0.3, 0.4) is 0 Å². The molecule has 0 saturated carbocycles. The van der Waals surface area contributed by atoms with E-state index in [0.717, 1.165) is 17.0 Å². The third kappa shape index (κ3) is 3.13. The molecule has 1 heterocycles. The van der Waals surface area contributed by atoms with Crippen molar-refractivity contribution in [2.24, 2.45) is 5.92 Å². The van der Waals surface area contributed by atoms with Gasteiger partial charge >= 0.3 is 0 Å². The summed E-state index contributed by atoms with van der Waals surface area (Å²) in [5.74, 6) is 0.140. The highest BCUT2D eigenvalue weighted by atomic mass is 31.2. The van der Waals surface area contributed by atoms with Crippen LogP contribution >= 0.6 is 7.29 Å². The van der Waals surface area contributed by atoms with E-state index in [-0.39, 0.29) is 12.0 Å². The summed E-state index contributed by atoms with van der Waals surface area (Å²) in [7, 11) is -2.91. The van der Waals surface area contributed by atoms with Crippen LogP contribution < -0.4 is 5.30 Å². The molecule has 3 aromatic rings. The molecule has 1 saturated heterocycles. The lowest BCUT2D eigenvalue weighted by Gasteiger charge is -2.31. The van der Waals surface area contributed by atoms with Gasteiger partial charge in [-0.3, -0.25) is 4.57 Å². The fraction of sp³-hybridized carbons (Fsp3) is 0.154. The highest BCUT2D eigenvalue weighted by Gasteiger charge is 2.53. The first-order chi connectivity index (χ1) is 14.3. The molecular weight excluding hydrogens is 373 g/mol. The summed E-state index contributed by atoms with van der Waals surface area (Å²) in [6.45, 7) is 0.661. The first-order valence-corrected chi connectivity index (χ1v) is 11.8.